The summed E-state index contributed by atoms with van der Waals surface area (Å²) in [5.74, 6) is 1.26. The van der Waals surface area contributed by atoms with Crippen LogP contribution in [0.4, 0.5) is 5.69 Å². The Labute approximate surface area is 204 Å². The Morgan fingerprint density at radius 1 is 0.800 bits per heavy atom. The van der Waals surface area contributed by atoms with Crippen LogP contribution in [0.15, 0.2) is 53.0 Å². The Balaban J connectivity index is 1.77. The van der Waals surface area contributed by atoms with Crippen LogP contribution >= 0.6 is 62.3 Å². The number of rotatable bonds is 8. The Morgan fingerprint density at radius 2 is 1.50 bits per heavy atom. The molecule has 0 fully saturated rings. The molecule has 3 rings (SSSR count). The molecule has 0 bridgehead atoms. The molecule has 0 unspecified atom stereocenters. The second kappa shape index (κ2) is 10.8. The first kappa shape index (κ1) is 23.4. The summed E-state index contributed by atoms with van der Waals surface area (Å²) in [5.41, 5.74) is 2.66. The molecule has 3 aromatic carbocycles. The van der Waals surface area contributed by atoms with Crippen LogP contribution in [0.1, 0.15) is 18.1 Å². The van der Waals surface area contributed by atoms with Gasteiger partial charge < -0.3 is 14.8 Å². The molecule has 3 aromatic rings. The second-order valence-corrected chi connectivity index (χ2v) is 8.93. The van der Waals surface area contributed by atoms with Gasteiger partial charge in [-0.3, -0.25) is 0 Å². The van der Waals surface area contributed by atoms with Crippen molar-refractivity contribution in [3.63, 3.8) is 0 Å². The van der Waals surface area contributed by atoms with Gasteiger partial charge in [0.1, 0.15) is 6.61 Å². The number of halogens is 5. The molecule has 0 aliphatic heterocycles. The van der Waals surface area contributed by atoms with E-state index in [1.807, 2.05) is 37.3 Å². The maximum Gasteiger partial charge on any atom is 0.162 e. The molecule has 0 amide bonds. The van der Waals surface area contributed by atoms with Crippen LogP contribution in [0.3, 0.4) is 0 Å². The van der Waals surface area contributed by atoms with E-state index in [0.29, 0.717) is 51.3 Å². The van der Waals surface area contributed by atoms with E-state index in [0.717, 1.165) is 21.3 Å². The molecule has 30 heavy (non-hydrogen) atoms. The number of anilines is 1. The molecule has 8 heteroatoms. The van der Waals surface area contributed by atoms with Gasteiger partial charge >= 0.3 is 0 Å². The zero-order valence-corrected chi connectivity index (χ0v) is 20.6. The van der Waals surface area contributed by atoms with Gasteiger partial charge in [-0.25, -0.2) is 0 Å². The van der Waals surface area contributed by atoms with Crippen LogP contribution in [0, 0.1) is 0 Å². The van der Waals surface area contributed by atoms with E-state index >= 15 is 0 Å². The third-order valence-electron chi connectivity index (χ3n) is 4.16. The molecular weight excluding hydrogens is 532 g/mol. The number of ether oxygens (including phenoxy) is 2. The van der Waals surface area contributed by atoms with E-state index in [9.17, 15) is 0 Å². The number of nitrogens with one attached hydrogen (secondary N) is 1. The fourth-order valence-corrected chi connectivity index (χ4v) is 4.19. The fourth-order valence-electron chi connectivity index (χ4n) is 2.74. The molecule has 3 nitrogen and oxygen atoms in total. The first-order valence-corrected chi connectivity index (χ1v) is 11.4. The van der Waals surface area contributed by atoms with E-state index in [1.165, 1.54) is 0 Å². The first-order valence-electron chi connectivity index (χ1n) is 9.07. The standard InChI is InChI=1S/C22H18BrCl4NO2/c1-2-29-21-5-14(11-28-18-7-16(25)6-17(26)8-18)19(23)10-22(21)30-12-13-3-4-15(24)9-20(13)27/h3-10,28H,2,11-12H2,1H3. The summed E-state index contributed by atoms with van der Waals surface area (Å²) >= 11 is 28.0. The van der Waals surface area contributed by atoms with Gasteiger partial charge in [0.2, 0.25) is 0 Å². The van der Waals surface area contributed by atoms with E-state index in [2.05, 4.69) is 21.2 Å². The molecule has 0 saturated heterocycles. The predicted molar refractivity (Wildman–Crippen MR) is 130 cm³/mol. The molecule has 0 atom stereocenters. The minimum atomic E-state index is 0.293. The second-order valence-electron chi connectivity index (χ2n) is 6.36. The Bertz CT molecular complexity index is 1030. The maximum atomic E-state index is 6.24. The minimum absolute atomic E-state index is 0.293. The predicted octanol–water partition coefficient (Wildman–Crippen LogP) is 8.65. The lowest BCUT2D eigenvalue weighted by atomic mass is 10.2. The summed E-state index contributed by atoms with van der Waals surface area (Å²) in [6, 6.07) is 14.5. The topological polar surface area (TPSA) is 30.5 Å². The average Bonchev–Trinajstić information content (AvgIpc) is 2.67. The smallest absolute Gasteiger partial charge is 0.162 e. The number of benzene rings is 3. The van der Waals surface area contributed by atoms with Crippen molar-refractivity contribution in [3.8, 4) is 11.5 Å². The van der Waals surface area contributed by atoms with Crippen molar-refractivity contribution in [2.45, 2.75) is 20.1 Å². The van der Waals surface area contributed by atoms with Crippen molar-refractivity contribution in [1.29, 1.82) is 0 Å². The van der Waals surface area contributed by atoms with Crippen molar-refractivity contribution in [2.75, 3.05) is 11.9 Å². The van der Waals surface area contributed by atoms with E-state index in [-0.39, 0.29) is 0 Å². The van der Waals surface area contributed by atoms with Crippen LogP contribution in [0.5, 0.6) is 11.5 Å². The zero-order chi connectivity index (χ0) is 21.7. The van der Waals surface area contributed by atoms with Gasteiger partial charge in [0.15, 0.2) is 11.5 Å². The lowest BCUT2D eigenvalue weighted by molar-refractivity contribution is 0.269. The molecule has 158 valence electrons. The molecule has 0 spiro atoms. The lowest BCUT2D eigenvalue weighted by Gasteiger charge is -2.16. The summed E-state index contributed by atoms with van der Waals surface area (Å²) in [7, 11) is 0. The molecule has 0 heterocycles. The highest BCUT2D eigenvalue weighted by Gasteiger charge is 2.13. The molecule has 0 saturated carbocycles. The van der Waals surface area contributed by atoms with Gasteiger partial charge in [-0.1, -0.05) is 68.4 Å². The monoisotopic (exact) mass is 547 g/mol. The van der Waals surface area contributed by atoms with Gasteiger partial charge in [-0.2, -0.15) is 0 Å². The average molecular weight is 550 g/mol. The van der Waals surface area contributed by atoms with Crippen molar-refractivity contribution < 1.29 is 9.47 Å². The van der Waals surface area contributed by atoms with Crippen LogP contribution in [0.2, 0.25) is 20.1 Å². The Hall–Kier alpha value is -1.30. The molecule has 0 aromatic heterocycles. The van der Waals surface area contributed by atoms with Gasteiger partial charge in [0.25, 0.3) is 0 Å². The molecule has 0 aliphatic rings. The van der Waals surface area contributed by atoms with E-state index < -0.39 is 0 Å². The summed E-state index contributed by atoms with van der Waals surface area (Å²) in [6.45, 7) is 3.27. The normalized spacial score (nSPS) is 10.7. The van der Waals surface area contributed by atoms with Crippen LogP contribution in [0.25, 0.3) is 0 Å². The lowest BCUT2D eigenvalue weighted by Crippen LogP contribution is -2.04. The van der Waals surface area contributed by atoms with Gasteiger partial charge in [-0.05, 0) is 55.0 Å². The molecular formula is C22H18BrCl4NO2. The van der Waals surface area contributed by atoms with Crippen molar-refractivity contribution >= 4 is 68.0 Å². The first-order chi connectivity index (χ1) is 14.4. The van der Waals surface area contributed by atoms with Crippen molar-refractivity contribution in [2.24, 2.45) is 0 Å². The summed E-state index contributed by atoms with van der Waals surface area (Å²) in [6.07, 6.45) is 0. The largest absolute Gasteiger partial charge is 0.490 e. The summed E-state index contributed by atoms with van der Waals surface area (Å²) in [5, 5.41) is 5.60. The quantitative estimate of drug-likeness (QED) is 0.305. The Kier molecular flexibility index (Phi) is 8.44. The minimum Gasteiger partial charge on any atom is -0.490 e. The van der Waals surface area contributed by atoms with Gasteiger partial charge in [-0.15, -0.1) is 0 Å². The zero-order valence-electron chi connectivity index (χ0n) is 15.9. The Morgan fingerprint density at radius 3 is 2.17 bits per heavy atom. The highest BCUT2D eigenvalue weighted by Crippen LogP contribution is 2.35. The summed E-state index contributed by atoms with van der Waals surface area (Å²) < 4.78 is 12.7. The summed E-state index contributed by atoms with van der Waals surface area (Å²) in [4.78, 5) is 0. The van der Waals surface area contributed by atoms with E-state index in [4.69, 9.17) is 55.9 Å². The third kappa shape index (κ3) is 6.35. The molecule has 1 N–H and O–H groups in total. The van der Waals surface area contributed by atoms with Crippen LogP contribution in [-0.2, 0) is 13.2 Å². The third-order valence-corrected chi connectivity index (χ3v) is 5.92. The molecule has 0 aliphatic carbocycles. The van der Waals surface area contributed by atoms with Gasteiger partial charge in [0, 0.05) is 42.4 Å². The highest BCUT2D eigenvalue weighted by molar-refractivity contribution is 9.10. The van der Waals surface area contributed by atoms with Gasteiger partial charge in [0.05, 0.1) is 6.61 Å². The maximum absolute atomic E-state index is 6.24. The van der Waals surface area contributed by atoms with Crippen LogP contribution < -0.4 is 14.8 Å². The van der Waals surface area contributed by atoms with Crippen molar-refractivity contribution in [3.05, 3.63) is 84.2 Å². The van der Waals surface area contributed by atoms with Crippen LogP contribution in [-0.4, -0.2) is 6.61 Å². The number of hydrogen-bond donors (Lipinski definition) is 1. The fraction of sp³-hybridized carbons (Fsp3) is 0.182. The highest BCUT2D eigenvalue weighted by atomic mass is 79.9. The van der Waals surface area contributed by atoms with Crippen molar-refractivity contribution in [1.82, 2.24) is 0 Å². The number of hydrogen-bond acceptors (Lipinski definition) is 3. The SMILES string of the molecule is CCOc1cc(CNc2cc(Cl)cc(Cl)c2)c(Br)cc1OCc1ccc(Cl)cc1Cl. The van der Waals surface area contributed by atoms with E-state index in [1.54, 1.807) is 18.2 Å². The molecule has 0 radical (unpaired) electrons.